The van der Waals surface area contributed by atoms with Crippen molar-refractivity contribution >= 4 is 33.2 Å². The molecule has 0 radical (unpaired) electrons. The Bertz CT molecular complexity index is 1070. The van der Waals surface area contributed by atoms with Crippen LogP contribution in [0.3, 0.4) is 0 Å². The summed E-state index contributed by atoms with van der Waals surface area (Å²) in [7, 11) is -1.32. The molecule has 0 atom stereocenters. The average molecular weight is 434 g/mol. The first kappa shape index (κ1) is 21.1. The average Bonchev–Trinajstić information content (AvgIpc) is 3.49. The van der Waals surface area contributed by atoms with Crippen molar-refractivity contribution in [2.24, 2.45) is 0 Å². The lowest BCUT2D eigenvalue weighted by Crippen LogP contribution is -2.35. The number of carbonyl (C=O) groups excluding carboxylic acids is 1. The number of ether oxygens (including phenoxy) is 1. The first-order valence-electron chi connectivity index (χ1n) is 8.83. The molecule has 2 aromatic carbocycles. The lowest BCUT2D eigenvalue weighted by Gasteiger charge is -2.19. The van der Waals surface area contributed by atoms with E-state index in [4.69, 9.17) is 16.3 Å². The highest BCUT2D eigenvalue weighted by molar-refractivity contribution is 7.89. The summed E-state index contributed by atoms with van der Waals surface area (Å²) in [6, 6.07) is 13.6. The van der Waals surface area contributed by atoms with Crippen LogP contribution in [0.1, 0.15) is 18.4 Å². The van der Waals surface area contributed by atoms with Gasteiger partial charge in [-0.05, 0) is 48.7 Å². The van der Waals surface area contributed by atoms with E-state index in [-0.39, 0.29) is 22.2 Å². The number of amides is 1. The fourth-order valence-electron chi connectivity index (χ4n) is 2.97. The maximum Gasteiger partial charge on any atom is 0.247 e. The van der Waals surface area contributed by atoms with Gasteiger partial charge in [-0.25, -0.2) is 8.42 Å². The summed E-state index contributed by atoms with van der Waals surface area (Å²) in [6.07, 6.45) is 1.68. The second kappa shape index (κ2) is 8.03. The van der Waals surface area contributed by atoms with Crippen LogP contribution < -0.4 is 10.1 Å². The van der Waals surface area contributed by atoms with Crippen molar-refractivity contribution in [1.29, 1.82) is 5.26 Å². The van der Waals surface area contributed by atoms with Crippen LogP contribution >= 0.6 is 11.6 Å². The van der Waals surface area contributed by atoms with E-state index in [2.05, 4.69) is 11.4 Å². The van der Waals surface area contributed by atoms with Crippen LogP contribution in [0.4, 0.5) is 5.69 Å². The Morgan fingerprint density at radius 1 is 1.28 bits per heavy atom. The van der Waals surface area contributed by atoms with Crippen LogP contribution in [0.2, 0.25) is 5.02 Å². The SMILES string of the molecule is COc1ccc(Cl)cc1S(=O)(=O)N(C)CC(=O)Nc1ccc(C2(C#N)CC2)cc1. The molecule has 1 saturated carbocycles. The molecule has 0 spiro atoms. The van der Waals surface area contributed by atoms with E-state index >= 15 is 0 Å². The van der Waals surface area contributed by atoms with E-state index < -0.39 is 21.3 Å². The van der Waals surface area contributed by atoms with Crippen LogP contribution in [0, 0.1) is 11.3 Å². The molecule has 0 aromatic heterocycles. The van der Waals surface area contributed by atoms with E-state index in [9.17, 15) is 18.5 Å². The van der Waals surface area contributed by atoms with Gasteiger partial charge in [0.2, 0.25) is 15.9 Å². The Morgan fingerprint density at radius 3 is 2.48 bits per heavy atom. The Kier molecular flexibility index (Phi) is 5.85. The normalized spacial score (nSPS) is 14.9. The zero-order valence-electron chi connectivity index (χ0n) is 16.0. The fraction of sp³-hybridized carbons (Fsp3) is 0.300. The lowest BCUT2D eigenvalue weighted by atomic mass is 9.98. The minimum atomic E-state index is -3.99. The number of hydrogen-bond acceptors (Lipinski definition) is 5. The molecule has 1 fully saturated rings. The van der Waals surface area contributed by atoms with Crippen LogP contribution in [0.5, 0.6) is 5.75 Å². The summed E-state index contributed by atoms with van der Waals surface area (Å²) in [6.45, 7) is -0.387. The molecule has 0 aliphatic heterocycles. The number of nitrogens with zero attached hydrogens (tertiary/aromatic N) is 2. The molecule has 0 bridgehead atoms. The van der Waals surface area contributed by atoms with E-state index in [1.165, 1.54) is 32.4 Å². The smallest absolute Gasteiger partial charge is 0.247 e. The number of likely N-dealkylation sites (N-methyl/N-ethyl adjacent to an activating group) is 1. The predicted octanol–water partition coefficient (Wildman–Crippen LogP) is 3.16. The molecule has 3 rings (SSSR count). The van der Waals surface area contributed by atoms with Crippen LogP contribution in [0.25, 0.3) is 0 Å². The van der Waals surface area contributed by atoms with E-state index in [0.717, 1.165) is 22.7 Å². The molecule has 9 heteroatoms. The molecular weight excluding hydrogens is 414 g/mol. The molecule has 0 heterocycles. The van der Waals surface area contributed by atoms with Crippen molar-refractivity contribution in [2.75, 3.05) is 26.0 Å². The zero-order chi connectivity index (χ0) is 21.2. The van der Waals surface area contributed by atoms with Crippen molar-refractivity contribution in [3.05, 3.63) is 53.1 Å². The summed E-state index contributed by atoms with van der Waals surface area (Å²) in [5, 5.41) is 12.2. The topological polar surface area (TPSA) is 99.5 Å². The van der Waals surface area contributed by atoms with Gasteiger partial charge in [-0.2, -0.15) is 9.57 Å². The number of carbonyl (C=O) groups is 1. The van der Waals surface area contributed by atoms with Gasteiger partial charge in [0, 0.05) is 17.8 Å². The third kappa shape index (κ3) is 4.37. The summed E-state index contributed by atoms with van der Waals surface area (Å²) >= 11 is 5.92. The molecule has 1 amide bonds. The minimum absolute atomic E-state index is 0.113. The number of anilines is 1. The number of hydrogen-bond donors (Lipinski definition) is 1. The second-order valence-corrected chi connectivity index (χ2v) is 9.33. The second-order valence-electron chi connectivity index (χ2n) is 6.88. The summed E-state index contributed by atoms with van der Waals surface area (Å²) in [5.41, 5.74) is 1.05. The third-order valence-corrected chi connectivity index (χ3v) is 6.93. The maximum absolute atomic E-state index is 12.8. The highest BCUT2D eigenvalue weighted by Crippen LogP contribution is 2.47. The molecule has 0 unspecified atom stereocenters. The van der Waals surface area contributed by atoms with Gasteiger partial charge in [0.25, 0.3) is 0 Å². The van der Waals surface area contributed by atoms with Gasteiger partial charge in [-0.15, -0.1) is 0 Å². The molecule has 7 nitrogen and oxygen atoms in total. The predicted molar refractivity (Wildman–Crippen MR) is 109 cm³/mol. The van der Waals surface area contributed by atoms with Gasteiger partial charge < -0.3 is 10.1 Å². The number of nitriles is 1. The Hall–Kier alpha value is -2.60. The van der Waals surface area contributed by atoms with Crippen molar-refractivity contribution in [3.8, 4) is 11.8 Å². The van der Waals surface area contributed by atoms with E-state index in [1.807, 2.05) is 12.1 Å². The third-order valence-electron chi connectivity index (χ3n) is 4.87. The first-order chi connectivity index (χ1) is 13.7. The monoisotopic (exact) mass is 433 g/mol. The summed E-state index contributed by atoms with van der Waals surface area (Å²) in [5.74, 6) is -0.352. The van der Waals surface area contributed by atoms with Gasteiger partial charge in [0.15, 0.2) is 0 Å². The van der Waals surface area contributed by atoms with Crippen molar-refractivity contribution in [3.63, 3.8) is 0 Å². The summed E-state index contributed by atoms with van der Waals surface area (Å²) in [4.78, 5) is 12.2. The number of methoxy groups -OCH3 is 1. The Morgan fingerprint density at radius 2 is 1.93 bits per heavy atom. The number of sulfonamides is 1. The number of rotatable bonds is 7. The fourth-order valence-corrected chi connectivity index (χ4v) is 4.51. The molecule has 0 saturated heterocycles. The minimum Gasteiger partial charge on any atom is -0.495 e. The molecule has 152 valence electrons. The quantitative estimate of drug-likeness (QED) is 0.722. The molecule has 1 aliphatic carbocycles. The maximum atomic E-state index is 12.8. The lowest BCUT2D eigenvalue weighted by molar-refractivity contribution is -0.116. The molecule has 1 N–H and O–H groups in total. The Balaban J connectivity index is 1.69. The van der Waals surface area contributed by atoms with Crippen molar-refractivity contribution < 1.29 is 17.9 Å². The van der Waals surface area contributed by atoms with Crippen molar-refractivity contribution in [2.45, 2.75) is 23.2 Å². The van der Waals surface area contributed by atoms with Gasteiger partial charge in [0.1, 0.15) is 10.6 Å². The Labute approximate surface area is 174 Å². The molecular formula is C20H20ClN3O4S. The molecule has 29 heavy (non-hydrogen) atoms. The number of nitrogens with one attached hydrogen (secondary N) is 1. The van der Waals surface area contributed by atoms with Gasteiger partial charge >= 0.3 is 0 Å². The molecule has 1 aliphatic rings. The van der Waals surface area contributed by atoms with Crippen LogP contribution in [-0.2, 0) is 20.2 Å². The van der Waals surface area contributed by atoms with Crippen LogP contribution in [0.15, 0.2) is 47.4 Å². The van der Waals surface area contributed by atoms with Crippen LogP contribution in [-0.4, -0.2) is 39.3 Å². The zero-order valence-corrected chi connectivity index (χ0v) is 17.5. The summed E-state index contributed by atoms with van der Waals surface area (Å²) < 4.78 is 31.7. The van der Waals surface area contributed by atoms with E-state index in [0.29, 0.717) is 5.69 Å². The van der Waals surface area contributed by atoms with Gasteiger partial charge in [-0.3, -0.25) is 4.79 Å². The molecule has 2 aromatic rings. The highest BCUT2D eigenvalue weighted by Gasteiger charge is 2.44. The van der Waals surface area contributed by atoms with Gasteiger partial charge in [0.05, 0.1) is 25.1 Å². The number of halogens is 1. The standard InChI is InChI=1S/C20H20ClN3O4S/c1-24(29(26,27)18-11-15(21)5-8-17(18)28-2)12-19(25)23-16-6-3-14(4-7-16)20(13-22)9-10-20/h3-8,11H,9-10,12H2,1-2H3,(H,23,25). The van der Waals surface area contributed by atoms with Crippen molar-refractivity contribution in [1.82, 2.24) is 4.31 Å². The first-order valence-corrected chi connectivity index (χ1v) is 10.7. The van der Waals surface area contributed by atoms with Gasteiger partial charge in [-0.1, -0.05) is 23.7 Å². The van der Waals surface area contributed by atoms with E-state index in [1.54, 1.807) is 12.1 Å². The largest absolute Gasteiger partial charge is 0.495 e. The highest BCUT2D eigenvalue weighted by atomic mass is 35.5. The number of benzene rings is 2.